The van der Waals surface area contributed by atoms with E-state index in [1.807, 2.05) is 0 Å². The number of nitrogens with zero attached hydrogens (tertiary/aromatic N) is 3. The maximum Gasteiger partial charge on any atom is 0.320 e. The molecule has 0 aliphatic carbocycles. The van der Waals surface area contributed by atoms with Gasteiger partial charge in [0, 0.05) is 40.3 Å². The molecule has 1 heterocycles. The van der Waals surface area contributed by atoms with Crippen LogP contribution >= 0.6 is 0 Å². The highest BCUT2D eigenvalue weighted by atomic mass is 32.2. The maximum atomic E-state index is 11.8. The van der Waals surface area contributed by atoms with E-state index >= 15 is 0 Å². The number of rotatable bonds is 4. The summed E-state index contributed by atoms with van der Waals surface area (Å²) in [5.74, 6) is -0.881. The Morgan fingerprint density at radius 2 is 1.71 bits per heavy atom. The fourth-order valence-electron chi connectivity index (χ4n) is 1.71. The molecule has 1 atom stereocenters. The van der Waals surface area contributed by atoms with Crippen molar-refractivity contribution in [3.8, 4) is 0 Å². The summed E-state index contributed by atoms with van der Waals surface area (Å²) >= 11 is 0. The predicted octanol–water partition coefficient (Wildman–Crippen LogP) is -1.12. The van der Waals surface area contributed by atoms with E-state index < -0.39 is 22.2 Å². The Hall–Kier alpha value is -0.700. The van der Waals surface area contributed by atoms with E-state index in [0.29, 0.717) is 26.2 Å². The highest BCUT2D eigenvalue weighted by Crippen LogP contribution is 2.11. The fourth-order valence-corrected chi connectivity index (χ4v) is 2.80. The largest absolute Gasteiger partial charge is 0.480 e. The lowest BCUT2D eigenvalue weighted by atomic mass is 10.2. The third-order valence-corrected chi connectivity index (χ3v) is 4.91. The average molecular weight is 265 g/mol. The van der Waals surface area contributed by atoms with Gasteiger partial charge in [0.1, 0.15) is 6.04 Å². The quantitative estimate of drug-likeness (QED) is 0.696. The van der Waals surface area contributed by atoms with Crippen LogP contribution in [0.2, 0.25) is 0 Å². The first kappa shape index (κ1) is 14.4. The molecule has 1 unspecified atom stereocenters. The first-order valence-electron chi connectivity index (χ1n) is 5.41. The predicted molar refractivity (Wildman–Crippen MR) is 62.9 cm³/mol. The topological polar surface area (TPSA) is 81.2 Å². The Morgan fingerprint density at radius 1 is 1.24 bits per heavy atom. The van der Waals surface area contributed by atoms with Crippen LogP contribution in [0.3, 0.4) is 0 Å². The van der Waals surface area contributed by atoms with Crippen LogP contribution in [0.1, 0.15) is 6.92 Å². The lowest BCUT2D eigenvalue weighted by Gasteiger charge is -2.36. The lowest BCUT2D eigenvalue weighted by molar-refractivity contribution is -0.143. The van der Waals surface area contributed by atoms with Gasteiger partial charge in [0.05, 0.1) is 0 Å². The van der Waals surface area contributed by atoms with Crippen molar-refractivity contribution in [2.75, 3.05) is 40.3 Å². The number of carboxylic acids is 1. The molecule has 1 fully saturated rings. The van der Waals surface area contributed by atoms with Crippen LogP contribution in [0.25, 0.3) is 0 Å². The van der Waals surface area contributed by atoms with Gasteiger partial charge in [-0.3, -0.25) is 9.69 Å². The van der Waals surface area contributed by atoms with Crippen molar-refractivity contribution in [3.63, 3.8) is 0 Å². The highest BCUT2D eigenvalue weighted by molar-refractivity contribution is 7.86. The van der Waals surface area contributed by atoms with E-state index in [-0.39, 0.29) is 0 Å². The second-order valence-electron chi connectivity index (χ2n) is 4.24. The number of carboxylic acid groups (broad SMARTS) is 1. The number of piperazine rings is 1. The fraction of sp³-hybridized carbons (Fsp3) is 0.889. The van der Waals surface area contributed by atoms with E-state index in [2.05, 4.69) is 0 Å². The molecule has 0 amide bonds. The summed E-state index contributed by atoms with van der Waals surface area (Å²) < 4.78 is 26.2. The highest BCUT2D eigenvalue weighted by Gasteiger charge is 2.31. The monoisotopic (exact) mass is 265 g/mol. The Kier molecular flexibility index (Phi) is 4.48. The van der Waals surface area contributed by atoms with Crippen LogP contribution in [-0.2, 0) is 15.0 Å². The molecule has 8 heteroatoms. The molecule has 0 spiro atoms. The second-order valence-corrected chi connectivity index (χ2v) is 6.38. The van der Waals surface area contributed by atoms with E-state index in [1.54, 1.807) is 11.8 Å². The minimum Gasteiger partial charge on any atom is -0.480 e. The van der Waals surface area contributed by atoms with Crippen LogP contribution in [0.15, 0.2) is 0 Å². The molecule has 0 bridgehead atoms. The molecule has 1 rings (SSSR count). The molecule has 17 heavy (non-hydrogen) atoms. The van der Waals surface area contributed by atoms with Gasteiger partial charge in [0.15, 0.2) is 0 Å². The molecule has 1 N–H and O–H groups in total. The third-order valence-electron chi connectivity index (χ3n) is 2.97. The normalized spacial score (nSPS) is 21.6. The van der Waals surface area contributed by atoms with Crippen LogP contribution in [-0.4, -0.2) is 79.3 Å². The van der Waals surface area contributed by atoms with Gasteiger partial charge in [-0.1, -0.05) is 0 Å². The molecule has 0 saturated carbocycles. The molecule has 0 radical (unpaired) electrons. The minimum atomic E-state index is -3.38. The zero-order valence-corrected chi connectivity index (χ0v) is 11.1. The van der Waals surface area contributed by atoms with Crippen molar-refractivity contribution in [2.45, 2.75) is 13.0 Å². The molecular formula is C9H19N3O4S. The molecule has 100 valence electrons. The van der Waals surface area contributed by atoms with Crippen molar-refractivity contribution < 1.29 is 18.3 Å². The van der Waals surface area contributed by atoms with Gasteiger partial charge in [-0.2, -0.15) is 17.0 Å². The van der Waals surface area contributed by atoms with E-state index in [9.17, 15) is 13.2 Å². The molecule has 7 nitrogen and oxygen atoms in total. The standard InChI is InChI=1S/C9H19N3O4S/c1-8(9(13)14)11-4-6-12(7-5-11)17(15,16)10(2)3/h8H,4-7H2,1-3H3,(H,13,14). The SMILES string of the molecule is CC(C(=O)O)N1CCN(S(=O)(=O)N(C)C)CC1. The van der Waals surface area contributed by atoms with Crippen LogP contribution in [0.4, 0.5) is 0 Å². The Balaban J connectivity index is 2.60. The van der Waals surface area contributed by atoms with Gasteiger partial charge in [-0.25, -0.2) is 0 Å². The van der Waals surface area contributed by atoms with Gasteiger partial charge in [0.25, 0.3) is 10.2 Å². The van der Waals surface area contributed by atoms with Gasteiger partial charge in [-0.05, 0) is 6.92 Å². The van der Waals surface area contributed by atoms with E-state index in [1.165, 1.54) is 22.7 Å². The molecule has 0 aromatic rings. The minimum absolute atomic E-state index is 0.331. The summed E-state index contributed by atoms with van der Waals surface area (Å²) in [5.41, 5.74) is 0. The van der Waals surface area contributed by atoms with Crippen molar-refractivity contribution in [2.24, 2.45) is 0 Å². The first-order valence-corrected chi connectivity index (χ1v) is 6.81. The summed E-state index contributed by atoms with van der Waals surface area (Å²) in [4.78, 5) is 12.6. The number of hydrogen-bond donors (Lipinski definition) is 1. The molecule has 1 saturated heterocycles. The molecule has 1 aliphatic heterocycles. The Bertz CT molecular complexity index is 374. The molecule has 0 aromatic heterocycles. The summed E-state index contributed by atoms with van der Waals surface area (Å²) in [6, 6.07) is -0.570. The smallest absolute Gasteiger partial charge is 0.320 e. The van der Waals surface area contributed by atoms with Gasteiger partial charge in [0.2, 0.25) is 0 Å². The van der Waals surface area contributed by atoms with Gasteiger partial charge < -0.3 is 5.11 Å². The van der Waals surface area contributed by atoms with Gasteiger partial charge in [-0.15, -0.1) is 0 Å². The van der Waals surface area contributed by atoms with Crippen molar-refractivity contribution in [1.29, 1.82) is 0 Å². The zero-order valence-electron chi connectivity index (χ0n) is 10.3. The Labute approximate surface area is 102 Å². The van der Waals surface area contributed by atoms with Crippen LogP contribution in [0, 0.1) is 0 Å². The zero-order chi connectivity index (χ0) is 13.2. The second kappa shape index (κ2) is 5.30. The molecular weight excluding hydrogens is 246 g/mol. The number of hydrogen-bond acceptors (Lipinski definition) is 4. The van der Waals surface area contributed by atoms with Crippen LogP contribution in [0.5, 0.6) is 0 Å². The number of carbonyl (C=O) groups is 1. The van der Waals surface area contributed by atoms with E-state index in [4.69, 9.17) is 5.11 Å². The summed E-state index contributed by atoms with van der Waals surface area (Å²) in [6.45, 7) is 3.16. The van der Waals surface area contributed by atoms with Crippen LogP contribution < -0.4 is 0 Å². The maximum absolute atomic E-state index is 11.8. The first-order chi connectivity index (χ1) is 7.76. The molecule has 0 aromatic carbocycles. The summed E-state index contributed by atoms with van der Waals surface area (Å²) in [5, 5.41) is 8.87. The van der Waals surface area contributed by atoms with Crippen molar-refractivity contribution in [1.82, 2.24) is 13.5 Å². The number of aliphatic carboxylic acids is 1. The summed E-state index contributed by atoms with van der Waals surface area (Å²) in [6.07, 6.45) is 0. The molecule has 1 aliphatic rings. The average Bonchev–Trinajstić information content (AvgIpc) is 2.27. The van der Waals surface area contributed by atoms with Crippen molar-refractivity contribution in [3.05, 3.63) is 0 Å². The third kappa shape index (κ3) is 3.15. The van der Waals surface area contributed by atoms with Crippen molar-refractivity contribution >= 4 is 16.2 Å². The summed E-state index contributed by atoms with van der Waals surface area (Å²) in [7, 11) is -0.401. The lowest BCUT2D eigenvalue weighted by Crippen LogP contribution is -2.54. The van der Waals surface area contributed by atoms with Gasteiger partial charge >= 0.3 is 5.97 Å². The van der Waals surface area contributed by atoms with E-state index in [0.717, 1.165) is 0 Å². The Morgan fingerprint density at radius 3 is 2.06 bits per heavy atom.